The molecule has 0 amide bonds. The summed E-state index contributed by atoms with van der Waals surface area (Å²) in [5.74, 6) is 1.42. The maximum atomic E-state index is 4.64. The number of imidazole rings is 1. The highest BCUT2D eigenvalue weighted by atomic mass is 32.1. The van der Waals surface area contributed by atoms with Gasteiger partial charge in [-0.25, -0.2) is 9.97 Å². The second kappa shape index (κ2) is 5.66. The monoisotopic (exact) mass is 310 g/mol. The van der Waals surface area contributed by atoms with Crippen molar-refractivity contribution in [2.75, 3.05) is 6.54 Å². The first-order chi connectivity index (χ1) is 10.8. The highest BCUT2D eigenvalue weighted by Gasteiger charge is 2.24. The molecule has 1 N–H and O–H groups in total. The lowest BCUT2D eigenvalue weighted by Crippen LogP contribution is -2.30. The highest BCUT2D eigenvalue weighted by Crippen LogP contribution is 2.29. The van der Waals surface area contributed by atoms with E-state index in [-0.39, 0.29) is 0 Å². The van der Waals surface area contributed by atoms with Gasteiger partial charge in [0.2, 0.25) is 0 Å². The van der Waals surface area contributed by atoms with Crippen molar-refractivity contribution in [1.82, 2.24) is 19.9 Å². The van der Waals surface area contributed by atoms with Crippen molar-refractivity contribution in [3.8, 4) is 0 Å². The number of nitrogens with zero attached hydrogens (tertiary/aromatic N) is 3. The van der Waals surface area contributed by atoms with E-state index in [1.54, 1.807) is 11.3 Å². The third-order valence-corrected chi connectivity index (χ3v) is 4.98. The van der Waals surface area contributed by atoms with Crippen molar-refractivity contribution in [2.24, 2.45) is 0 Å². The summed E-state index contributed by atoms with van der Waals surface area (Å²) in [6, 6.07) is 8.65. The van der Waals surface area contributed by atoms with Crippen LogP contribution in [0.4, 0.5) is 0 Å². The summed E-state index contributed by atoms with van der Waals surface area (Å²) in [4.78, 5) is 9.21. The second-order valence-corrected chi connectivity index (χ2v) is 6.72. The molecule has 0 unspecified atom stereocenters. The van der Waals surface area contributed by atoms with Crippen LogP contribution in [0.5, 0.6) is 0 Å². The first kappa shape index (κ1) is 13.7. The fourth-order valence-corrected chi connectivity index (χ4v) is 3.75. The van der Waals surface area contributed by atoms with Gasteiger partial charge in [0.05, 0.1) is 23.2 Å². The number of hydrogen-bond acceptors (Lipinski definition) is 4. The van der Waals surface area contributed by atoms with Gasteiger partial charge >= 0.3 is 0 Å². The van der Waals surface area contributed by atoms with Gasteiger partial charge in [0, 0.05) is 30.9 Å². The van der Waals surface area contributed by atoms with Crippen molar-refractivity contribution in [3.63, 3.8) is 0 Å². The number of thiazole rings is 1. The molecule has 4 rings (SSSR count). The molecule has 4 nitrogen and oxygen atoms in total. The molecule has 1 atom stereocenters. The molecule has 0 radical (unpaired) electrons. The molecular formula is C17H18N4S. The summed E-state index contributed by atoms with van der Waals surface area (Å²) in [5.41, 5.74) is 3.87. The first-order valence-corrected chi connectivity index (χ1v) is 8.40. The van der Waals surface area contributed by atoms with Gasteiger partial charge < -0.3 is 9.88 Å². The number of benzene rings is 1. The van der Waals surface area contributed by atoms with Crippen molar-refractivity contribution < 1.29 is 0 Å². The lowest BCUT2D eigenvalue weighted by atomic mass is 9.90. The Morgan fingerprint density at radius 2 is 2.27 bits per heavy atom. The van der Waals surface area contributed by atoms with Crippen LogP contribution in [0.25, 0.3) is 0 Å². The Balaban J connectivity index is 1.68. The van der Waals surface area contributed by atoms with Crippen LogP contribution in [0, 0.1) is 6.92 Å². The maximum absolute atomic E-state index is 4.64. The summed E-state index contributed by atoms with van der Waals surface area (Å²) in [6.45, 7) is 4.71. The lowest BCUT2D eigenvalue weighted by Gasteiger charge is -2.26. The molecular weight excluding hydrogens is 292 g/mol. The minimum Gasteiger partial charge on any atom is -0.328 e. The molecule has 0 aliphatic carbocycles. The molecule has 1 aliphatic heterocycles. The van der Waals surface area contributed by atoms with Gasteiger partial charge in [0.1, 0.15) is 5.82 Å². The average Bonchev–Trinajstić information content (AvgIpc) is 3.16. The highest BCUT2D eigenvalue weighted by molar-refractivity contribution is 7.09. The van der Waals surface area contributed by atoms with Gasteiger partial charge in [-0.3, -0.25) is 0 Å². The summed E-state index contributed by atoms with van der Waals surface area (Å²) < 4.78 is 2.23. The van der Waals surface area contributed by atoms with Crippen LogP contribution in [0.15, 0.2) is 42.0 Å². The molecule has 112 valence electrons. The Kier molecular flexibility index (Phi) is 3.52. The van der Waals surface area contributed by atoms with Crippen LogP contribution < -0.4 is 5.32 Å². The standard InChI is InChI=1S/C17H18N4S/c1-12-20-14(11-22-12)10-21-7-6-19-17(21)16-9-18-8-13-4-2-3-5-15(13)16/h2-7,11,16,18H,8-10H2,1H3/t16-/m1/s1. The number of hydrogen-bond donors (Lipinski definition) is 1. The van der Waals surface area contributed by atoms with Gasteiger partial charge in [-0.15, -0.1) is 11.3 Å². The average molecular weight is 310 g/mol. The third kappa shape index (κ3) is 2.46. The van der Waals surface area contributed by atoms with E-state index in [9.17, 15) is 0 Å². The Morgan fingerprint density at radius 3 is 3.14 bits per heavy atom. The molecule has 3 aromatic rings. The zero-order chi connectivity index (χ0) is 14.9. The van der Waals surface area contributed by atoms with Crippen LogP contribution in [0.2, 0.25) is 0 Å². The zero-order valence-corrected chi connectivity index (χ0v) is 13.3. The predicted molar refractivity (Wildman–Crippen MR) is 88.2 cm³/mol. The minimum atomic E-state index is 0.305. The first-order valence-electron chi connectivity index (χ1n) is 7.52. The van der Waals surface area contributed by atoms with Gasteiger partial charge in [-0.2, -0.15) is 0 Å². The molecule has 22 heavy (non-hydrogen) atoms. The summed E-state index contributed by atoms with van der Waals surface area (Å²) >= 11 is 1.70. The number of aromatic nitrogens is 3. The number of aryl methyl sites for hydroxylation is 1. The summed E-state index contributed by atoms with van der Waals surface area (Å²) in [7, 11) is 0. The molecule has 1 aromatic carbocycles. The maximum Gasteiger partial charge on any atom is 0.117 e. The van der Waals surface area contributed by atoms with E-state index < -0.39 is 0 Å². The van der Waals surface area contributed by atoms with Crippen LogP contribution >= 0.6 is 11.3 Å². The van der Waals surface area contributed by atoms with Crippen molar-refractivity contribution in [1.29, 1.82) is 0 Å². The Bertz CT molecular complexity index is 789. The second-order valence-electron chi connectivity index (χ2n) is 5.65. The predicted octanol–water partition coefficient (Wildman–Crippen LogP) is 2.93. The molecule has 0 bridgehead atoms. The molecule has 0 saturated heterocycles. The van der Waals surface area contributed by atoms with Crippen LogP contribution in [-0.2, 0) is 13.1 Å². The molecule has 5 heteroatoms. The Morgan fingerprint density at radius 1 is 1.36 bits per heavy atom. The fraction of sp³-hybridized carbons (Fsp3) is 0.294. The van der Waals surface area contributed by atoms with Gasteiger partial charge in [-0.1, -0.05) is 24.3 Å². The van der Waals surface area contributed by atoms with Gasteiger partial charge in [-0.05, 0) is 18.1 Å². The Labute approximate surface area is 133 Å². The minimum absolute atomic E-state index is 0.305. The molecule has 0 spiro atoms. The van der Waals surface area contributed by atoms with E-state index in [0.29, 0.717) is 5.92 Å². The molecule has 2 aromatic heterocycles. The number of nitrogens with one attached hydrogen (secondary N) is 1. The Hall–Kier alpha value is -1.98. The molecule has 0 saturated carbocycles. The van der Waals surface area contributed by atoms with Crippen LogP contribution in [0.3, 0.4) is 0 Å². The van der Waals surface area contributed by atoms with Crippen molar-refractivity contribution in [2.45, 2.75) is 25.9 Å². The normalized spacial score (nSPS) is 17.4. The van der Waals surface area contributed by atoms with E-state index in [2.05, 4.69) is 55.7 Å². The molecule has 1 aliphatic rings. The lowest BCUT2D eigenvalue weighted by molar-refractivity contribution is 0.550. The number of fused-ring (bicyclic) bond motifs is 1. The van der Waals surface area contributed by atoms with E-state index in [0.717, 1.165) is 36.2 Å². The van der Waals surface area contributed by atoms with Gasteiger partial charge in [0.25, 0.3) is 0 Å². The smallest absolute Gasteiger partial charge is 0.117 e. The zero-order valence-electron chi connectivity index (χ0n) is 12.5. The quantitative estimate of drug-likeness (QED) is 0.809. The van der Waals surface area contributed by atoms with Gasteiger partial charge in [0.15, 0.2) is 0 Å². The van der Waals surface area contributed by atoms with Crippen LogP contribution in [0.1, 0.15) is 33.6 Å². The van der Waals surface area contributed by atoms with Crippen molar-refractivity contribution >= 4 is 11.3 Å². The molecule has 0 fully saturated rings. The SMILES string of the molecule is Cc1nc(Cn2ccnc2[C@@H]2CNCc3ccccc32)cs1. The summed E-state index contributed by atoms with van der Waals surface area (Å²) in [5, 5.41) is 6.75. The third-order valence-electron chi connectivity index (χ3n) is 4.15. The van der Waals surface area contributed by atoms with E-state index in [1.165, 1.54) is 11.1 Å². The van der Waals surface area contributed by atoms with E-state index in [4.69, 9.17) is 0 Å². The van der Waals surface area contributed by atoms with Crippen molar-refractivity contribution in [3.05, 3.63) is 69.7 Å². The summed E-state index contributed by atoms with van der Waals surface area (Å²) in [6.07, 6.45) is 3.95. The topological polar surface area (TPSA) is 42.7 Å². The molecule has 3 heterocycles. The number of rotatable bonds is 3. The van der Waals surface area contributed by atoms with Crippen LogP contribution in [-0.4, -0.2) is 21.1 Å². The van der Waals surface area contributed by atoms with E-state index in [1.807, 2.05) is 13.1 Å². The largest absolute Gasteiger partial charge is 0.328 e. The van der Waals surface area contributed by atoms with E-state index >= 15 is 0 Å². The fourth-order valence-electron chi connectivity index (χ4n) is 3.15.